The zero-order valence-electron chi connectivity index (χ0n) is 13.1. The lowest BCUT2D eigenvalue weighted by Crippen LogP contribution is -1.98. The van der Waals surface area contributed by atoms with E-state index in [0.717, 1.165) is 39.4 Å². The van der Waals surface area contributed by atoms with Crippen LogP contribution in [0.1, 0.15) is 41.4 Å². The fourth-order valence-electron chi connectivity index (χ4n) is 2.70. The summed E-state index contributed by atoms with van der Waals surface area (Å²) in [6, 6.07) is 4.12. The van der Waals surface area contributed by atoms with Gasteiger partial charge in [0.25, 0.3) is 0 Å². The van der Waals surface area contributed by atoms with E-state index in [-0.39, 0.29) is 0 Å². The van der Waals surface area contributed by atoms with Gasteiger partial charge < -0.3 is 4.74 Å². The molecule has 0 spiro atoms. The summed E-state index contributed by atoms with van der Waals surface area (Å²) in [5.74, 6) is 1.21. The lowest BCUT2D eigenvalue weighted by Gasteiger charge is -2.15. The van der Waals surface area contributed by atoms with Crippen molar-refractivity contribution in [2.45, 2.75) is 26.7 Å². The van der Waals surface area contributed by atoms with E-state index >= 15 is 0 Å². The highest BCUT2D eigenvalue weighted by Crippen LogP contribution is 2.35. The molecule has 4 nitrogen and oxygen atoms in total. The zero-order valence-corrected chi connectivity index (χ0v) is 13.9. The van der Waals surface area contributed by atoms with Crippen LogP contribution in [0.15, 0.2) is 23.7 Å². The Morgan fingerprint density at radius 3 is 2.77 bits per heavy atom. The number of fused-ring (bicyclic) bond motifs is 1. The Labute approximate surface area is 133 Å². The Hall–Kier alpha value is -2.14. The van der Waals surface area contributed by atoms with Crippen LogP contribution in [0.5, 0.6) is 5.75 Å². The molecule has 0 saturated heterocycles. The summed E-state index contributed by atoms with van der Waals surface area (Å²) in [6.07, 6.45) is 2.75. The van der Waals surface area contributed by atoms with Gasteiger partial charge in [0.15, 0.2) is 11.2 Å². The zero-order chi connectivity index (χ0) is 15.9. The molecule has 3 aromatic rings. The monoisotopic (exact) mass is 314 g/mol. The van der Waals surface area contributed by atoms with E-state index in [0.29, 0.717) is 11.6 Å². The van der Waals surface area contributed by atoms with Gasteiger partial charge >= 0.3 is 0 Å². The number of nitrogens with zero attached hydrogens (tertiary/aromatic N) is 2. The second kappa shape index (κ2) is 5.57. The first-order valence-electron chi connectivity index (χ1n) is 7.16. The number of ether oxygens (including phenoxy) is 1. The van der Waals surface area contributed by atoms with Gasteiger partial charge in [0.1, 0.15) is 17.1 Å². The van der Waals surface area contributed by atoms with Gasteiger partial charge in [0.05, 0.1) is 7.11 Å². The van der Waals surface area contributed by atoms with Gasteiger partial charge in [-0.15, -0.1) is 11.3 Å². The van der Waals surface area contributed by atoms with Crippen molar-refractivity contribution < 1.29 is 9.53 Å². The molecule has 0 atom stereocenters. The third-order valence-electron chi connectivity index (χ3n) is 3.86. The first-order chi connectivity index (χ1) is 10.6. The van der Waals surface area contributed by atoms with E-state index in [1.54, 1.807) is 7.11 Å². The standard InChI is InChI=1S/C17H18N2O2S/c1-10(2)12-8-13(11(3)7-15(12)21-4)16-14(9-20)19-5-6-22-17(19)18-16/h5-10H,1-4H3. The summed E-state index contributed by atoms with van der Waals surface area (Å²) < 4.78 is 7.32. The minimum Gasteiger partial charge on any atom is -0.496 e. The number of rotatable bonds is 4. The quantitative estimate of drug-likeness (QED) is 0.674. The SMILES string of the molecule is COc1cc(C)c(-c2nc3sccn3c2C=O)cc1C(C)C. The van der Waals surface area contributed by atoms with Crippen molar-refractivity contribution >= 4 is 22.6 Å². The minimum absolute atomic E-state index is 0.331. The van der Waals surface area contributed by atoms with E-state index in [9.17, 15) is 4.79 Å². The topological polar surface area (TPSA) is 43.6 Å². The van der Waals surface area contributed by atoms with Crippen LogP contribution < -0.4 is 4.74 Å². The summed E-state index contributed by atoms with van der Waals surface area (Å²) in [5, 5.41) is 1.93. The van der Waals surface area contributed by atoms with Gasteiger partial charge in [0, 0.05) is 17.1 Å². The van der Waals surface area contributed by atoms with Crippen LogP contribution in [0.2, 0.25) is 0 Å². The average molecular weight is 314 g/mol. The van der Waals surface area contributed by atoms with Crippen LogP contribution in [0.3, 0.4) is 0 Å². The largest absolute Gasteiger partial charge is 0.496 e. The number of carbonyl (C=O) groups is 1. The summed E-state index contributed by atoms with van der Waals surface area (Å²) in [5.41, 5.74) is 4.50. The molecule has 0 fully saturated rings. The van der Waals surface area contributed by atoms with Crippen LogP contribution in [-0.2, 0) is 0 Å². The normalized spacial score (nSPS) is 11.3. The van der Waals surface area contributed by atoms with E-state index in [1.165, 1.54) is 11.3 Å². The molecule has 2 heterocycles. The molecule has 0 aliphatic heterocycles. The number of carbonyl (C=O) groups excluding carboxylic acids is 1. The highest BCUT2D eigenvalue weighted by molar-refractivity contribution is 7.15. The van der Waals surface area contributed by atoms with E-state index < -0.39 is 0 Å². The van der Waals surface area contributed by atoms with Crippen molar-refractivity contribution in [2.24, 2.45) is 0 Å². The third kappa shape index (κ3) is 2.22. The predicted molar refractivity (Wildman–Crippen MR) is 89.3 cm³/mol. The molecular formula is C17H18N2O2S. The molecule has 0 amide bonds. The Bertz CT molecular complexity index is 846. The number of imidazole rings is 1. The van der Waals surface area contributed by atoms with Crippen molar-refractivity contribution in [3.8, 4) is 17.0 Å². The lowest BCUT2D eigenvalue weighted by molar-refractivity contribution is 0.111. The highest BCUT2D eigenvalue weighted by Gasteiger charge is 2.19. The van der Waals surface area contributed by atoms with Crippen LogP contribution >= 0.6 is 11.3 Å². The second-order valence-electron chi connectivity index (χ2n) is 5.58. The molecule has 0 N–H and O–H groups in total. The Balaban J connectivity index is 2.27. The van der Waals surface area contributed by atoms with Crippen LogP contribution in [0, 0.1) is 6.92 Å². The summed E-state index contributed by atoms with van der Waals surface area (Å²) in [4.78, 5) is 17.0. The molecule has 1 aromatic carbocycles. The highest BCUT2D eigenvalue weighted by atomic mass is 32.1. The molecule has 0 aliphatic carbocycles. The Kier molecular flexibility index (Phi) is 3.74. The van der Waals surface area contributed by atoms with Gasteiger partial charge in [-0.1, -0.05) is 13.8 Å². The summed E-state index contributed by atoms with van der Waals surface area (Å²) in [6.45, 7) is 6.27. The van der Waals surface area contributed by atoms with E-state index in [2.05, 4.69) is 24.9 Å². The van der Waals surface area contributed by atoms with Crippen molar-refractivity contribution in [3.05, 3.63) is 40.5 Å². The molecule has 114 valence electrons. The number of hydrogen-bond acceptors (Lipinski definition) is 4. The predicted octanol–water partition coefficient (Wildman–Crippen LogP) is 4.32. The minimum atomic E-state index is 0.331. The number of aromatic nitrogens is 2. The van der Waals surface area contributed by atoms with Crippen molar-refractivity contribution in [1.29, 1.82) is 0 Å². The first-order valence-corrected chi connectivity index (χ1v) is 8.04. The third-order valence-corrected chi connectivity index (χ3v) is 4.62. The molecule has 0 radical (unpaired) electrons. The second-order valence-corrected chi connectivity index (χ2v) is 6.46. The lowest BCUT2D eigenvalue weighted by atomic mass is 9.94. The van der Waals surface area contributed by atoms with Crippen molar-refractivity contribution in [3.63, 3.8) is 0 Å². The summed E-state index contributed by atoms with van der Waals surface area (Å²) in [7, 11) is 1.68. The Morgan fingerprint density at radius 1 is 1.36 bits per heavy atom. The number of thiazole rings is 1. The maximum atomic E-state index is 11.5. The molecule has 0 bridgehead atoms. The first kappa shape index (κ1) is 14.8. The van der Waals surface area contributed by atoms with Crippen LogP contribution in [-0.4, -0.2) is 22.8 Å². The number of methoxy groups -OCH3 is 1. The molecule has 0 aliphatic rings. The average Bonchev–Trinajstić information content (AvgIpc) is 3.06. The smallest absolute Gasteiger partial charge is 0.194 e. The molecular weight excluding hydrogens is 296 g/mol. The van der Waals surface area contributed by atoms with Gasteiger partial charge in [-0.3, -0.25) is 9.20 Å². The molecule has 3 rings (SSSR count). The van der Waals surface area contributed by atoms with Crippen molar-refractivity contribution in [1.82, 2.24) is 9.38 Å². The number of aryl methyl sites for hydroxylation is 1. The Morgan fingerprint density at radius 2 is 2.14 bits per heavy atom. The number of hydrogen-bond donors (Lipinski definition) is 0. The number of benzene rings is 1. The maximum Gasteiger partial charge on any atom is 0.194 e. The molecule has 0 unspecified atom stereocenters. The van der Waals surface area contributed by atoms with Crippen LogP contribution in [0.25, 0.3) is 16.2 Å². The molecule has 5 heteroatoms. The van der Waals surface area contributed by atoms with E-state index in [1.807, 2.05) is 29.0 Å². The van der Waals surface area contributed by atoms with E-state index in [4.69, 9.17) is 4.74 Å². The van der Waals surface area contributed by atoms with Crippen molar-refractivity contribution in [2.75, 3.05) is 7.11 Å². The fourth-order valence-corrected chi connectivity index (χ4v) is 3.42. The maximum absolute atomic E-state index is 11.5. The van der Waals surface area contributed by atoms with Crippen LogP contribution in [0.4, 0.5) is 0 Å². The van der Waals surface area contributed by atoms with Gasteiger partial charge in [-0.2, -0.15) is 0 Å². The van der Waals surface area contributed by atoms with Gasteiger partial charge in [0.2, 0.25) is 0 Å². The number of aldehydes is 1. The molecule has 0 saturated carbocycles. The summed E-state index contributed by atoms with van der Waals surface area (Å²) >= 11 is 1.52. The molecule has 22 heavy (non-hydrogen) atoms. The van der Waals surface area contributed by atoms with Gasteiger partial charge in [-0.25, -0.2) is 4.98 Å². The van der Waals surface area contributed by atoms with Gasteiger partial charge in [-0.05, 0) is 36.1 Å². The fraction of sp³-hybridized carbons (Fsp3) is 0.294. The molecule has 2 aromatic heterocycles.